The van der Waals surface area contributed by atoms with Gasteiger partial charge in [-0.25, -0.2) is 12.9 Å². The van der Waals surface area contributed by atoms with Crippen LogP contribution in [0.25, 0.3) is 16.9 Å². The number of hydrogen-bond acceptors (Lipinski definition) is 9. The molecule has 1 N–H and O–H groups in total. The first-order valence-corrected chi connectivity index (χ1v) is 10.6. The maximum atomic E-state index is 11.9. The van der Waals surface area contributed by atoms with Gasteiger partial charge in [-0.2, -0.15) is 4.98 Å². The molecule has 0 bridgehead atoms. The van der Waals surface area contributed by atoms with E-state index in [2.05, 4.69) is 25.4 Å². The molecule has 30 heavy (non-hydrogen) atoms. The van der Waals surface area contributed by atoms with Crippen LogP contribution in [0.15, 0.2) is 53.9 Å². The fourth-order valence-electron chi connectivity index (χ4n) is 2.87. The lowest BCUT2D eigenvalue weighted by Crippen LogP contribution is -1.99. The summed E-state index contributed by atoms with van der Waals surface area (Å²) in [6, 6.07) is 6.86. The van der Waals surface area contributed by atoms with Crippen molar-refractivity contribution in [2.45, 2.75) is 4.90 Å². The molecule has 0 unspecified atom stereocenters. The Morgan fingerprint density at radius 3 is 2.60 bits per heavy atom. The lowest BCUT2D eigenvalue weighted by atomic mass is 10.2. The molecule has 0 saturated heterocycles. The monoisotopic (exact) mass is 426 g/mol. The second-order valence-corrected chi connectivity index (χ2v) is 8.37. The zero-order valence-corrected chi connectivity index (χ0v) is 17.2. The molecular formula is C19H18N6O4S. The molecule has 0 fully saturated rings. The van der Waals surface area contributed by atoms with Gasteiger partial charge in [0.05, 0.1) is 19.1 Å². The van der Waals surface area contributed by atoms with Crippen LogP contribution in [0.3, 0.4) is 0 Å². The number of fused-ring (bicyclic) bond motifs is 1. The maximum absolute atomic E-state index is 11.9. The van der Waals surface area contributed by atoms with Crippen LogP contribution < -0.4 is 14.8 Å². The Hall–Kier alpha value is -3.73. The van der Waals surface area contributed by atoms with Crippen LogP contribution in [-0.2, 0) is 9.84 Å². The van der Waals surface area contributed by atoms with Gasteiger partial charge in [-0.3, -0.25) is 9.97 Å². The Bertz CT molecular complexity index is 1340. The molecule has 3 heterocycles. The summed E-state index contributed by atoms with van der Waals surface area (Å²) >= 11 is 0. The molecule has 4 aromatic rings. The highest BCUT2D eigenvalue weighted by molar-refractivity contribution is 7.90. The highest BCUT2D eigenvalue weighted by Gasteiger charge is 2.15. The summed E-state index contributed by atoms with van der Waals surface area (Å²) < 4.78 is 35.8. The summed E-state index contributed by atoms with van der Waals surface area (Å²) in [6.07, 6.45) is 7.17. The van der Waals surface area contributed by atoms with Crippen molar-refractivity contribution in [1.29, 1.82) is 0 Å². The zero-order valence-electron chi connectivity index (χ0n) is 16.4. The lowest BCUT2D eigenvalue weighted by molar-refractivity contribution is 0.355. The molecule has 154 valence electrons. The van der Waals surface area contributed by atoms with Gasteiger partial charge in [0.25, 0.3) is 0 Å². The van der Waals surface area contributed by atoms with E-state index in [9.17, 15) is 8.42 Å². The Balaban J connectivity index is 1.73. The van der Waals surface area contributed by atoms with E-state index in [0.717, 1.165) is 6.26 Å². The molecule has 11 heteroatoms. The third-order valence-corrected chi connectivity index (χ3v) is 5.39. The molecule has 0 spiro atoms. The van der Waals surface area contributed by atoms with Crippen molar-refractivity contribution in [3.63, 3.8) is 0 Å². The fourth-order valence-corrected chi connectivity index (χ4v) is 3.46. The Morgan fingerprint density at radius 1 is 1.07 bits per heavy atom. The molecule has 0 aliphatic heterocycles. The number of anilines is 2. The standard InChI is InChI=1S/C19H18N6O4S/c1-28-15-5-4-13(9-16(15)29-2)22-19-23-18-17(21-6-7-25(18)24-19)12-8-14(11-20-10-12)30(3,26)27/h4-11H,1-3H3,(H,22,24). The van der Waals surface area contributed by atoms with Crippen molar-refractivity contribution in [3.8, 4) is 22.8 Å². The zero-order chi connectivity index (χ0) is 21.3. The van der Waals surface area contributed by atoms with Crippen LogP contribution in [0.1, 0.15) is 0 Å². The number of rotatable bonds is 6. The average Bonchev–Trinajstić information content (AvgIpc) is 3.15. The first-order valence-electron chi connectivity index (χ1n) is 8.75. The number of benzene rings is 1. The highest BCUT2D eigenvalue weighted by atomic mass is 32.2. The van der Waals surface area contributed by atoms with Gasteiger partial charge in [0.2, 0.25) is 5.95 Å². The molecule has 10 nitrogen and oxygen atoms in total. The maximum Gasteiger partial charge on any atom is 0.247 e. The molecule has 0 aliphatic rings. The summed E-state index contributed by atoms with van der Waals surface area (Å²) in [7, 11) is -0.279. The molecule has 0 saturated carbocycles. The van der Waals surface area contributed by atoms with E-state index < -0.39 is 9.84 Å². The van der Waals surface area contributed by atoms with Crippen LogP contribution in [0.4, 0.5) is 11.6 Å². The third kappa shape index (κ3) is 3.74. The molecule has 1 aromatic carbocycles. The van der Waals surface area contributed by atoms with Crippen molar-refractivity contribution in [2.75, 3.05) is 25.8 Å². The van der Waals surface area contributed by atoms with E-state index in [1.54, 1.807) is 43.3 Å². The number of sulfone groups is 1. The molecule has 3 aromatic heterocycles. The number of aromatic nitrogens is 5. The van der Waals surface area contributed by atoms with Gasteiger partial charge in [0.15, 0.2) is 27.0 Å². The van der Waals surface area contributed by atoms with Gasteiger partial charge in [0, 0.05) is 48.4 Å². The molecule has 0 amide bonds. The number of methoxy groups -OCH3 is 2. The first-order chi connectivity index (χ1) is 14.4. The predicted molar refractivity (Wildman–Crippen MR) is 110 cm³/mol. The summed E-state index contributed by atoms with van der Waals surface area (Å²) in [5.41, 5.74) is 2.14. The normalized spacial score (nSPS) is 11.4. The van der Waals surface area contributed by atoms with Crippen molar-refractivity contribution in [2.24, 2.45) is 0 Å². The number of ether oxygens (including phenoxy) is 2. The van der Waals surface area contributed by atoms with Gasteiger partial charge in [-0.05, 0) is 18.2 Å². The summed E-state index contributed by atoms with van der Waals surface area (Å²) in [5.74, 6) is 1.51. The third-order valence-electron chi connectivity index (χ3n) is 4.31. The molecule has 0 radical (unpaired) electrons. The van der Waals surface area contributed by atoms with Crippen LogP contribution in [0, 0.1) is 0 Å². The Labute approximate surface area is 172 Å². The second-order valence-electron chi connectivity index (χ2n) is 6.36. The quantitative estimate of drug-likeness (QED) is 0.495. The van der Waals surface area contributed by atoms with E-state index in [4.69, 9.17) is 9.47 Å². The second kappa shape index (κ2) is 7.59. The molecule has 0 aliphatic carbocycles. The smallest absolute Gasteiger partial charge is 0.247 e. The minimum Gasteiger partial charge on any atom is -0.493 e. The van der Waals surface area contributed by atoms with Crippen LogP contribution in [0.2, 0.25) is 0 Å². The van der Waals surface area contributed by atoms with Crippen LogP contribution in [0.5, 0.6) is 11.5 Å². The van der Waals surface area contributed by atoms with Gasteiger partial charge in [-0.1, -0.05) is 0 Å². The van der Waals surface area contributed by atoms with E-state index >= 15 is 0 Å². The van der Waals surface area contributed by atoms with E-state index in [1.807, 2.05) is 6.07 Å². The van der Waals surface area contributed by atoms with Crippen LogP contribution >= 0.6 is 0 Å². The Morgan fingerprint density at radius 2 is 1.87 bits per heavy atom. The topological polar surface area (TPSA) is 121 Å². The SMILES string of the molecule is COc1ccc(Nc2nc3c(-c4cncc(S(C)(=O)=O)c4)nccn3n2)cc1OC. The van der Waals surface area contributed by atoms with E-state index in [-0.39, 0.29) is 4.90 Å². The first kappa shape index (κ1) is 19.6. The summed E-state index contributed by atoms with van der Waals surface area (Å²) in [5, 5.41) is 7.52. The number of nitrogens with one attached hydrogen (secondary N) is 1. The largest absolute Gasteiger partial charge is 0.493 e. The summed E-state index contributed by atoms with van der Waals surface area (Å²) in [4.78, 5) is 13.0. The molecular weight excluding hydrogens is 408 g/mol. The van der Waals surface area contributed by atoms with Gasteiger partial charge < -0.3 is 14.8 Å². The predicted octanol–water partition coefficient (Wildman–Crippen LogP) is 2.35. The average molecular weight is 426 g/mol. The van der Waals surface area contributed by atoms with E-state index in [0.29, 0.717) is 40.0 Å². The minimum atomic E-state index is -3.40. The molecule has 4 rings (SSSR count). The minimum absolute atomic E-state index is 0.104. The Kier molecular flexibility index (Phi) is 4.96. The van der Waals surface area contributed by atoms with Crippen LogP contribution in [-0.4, -0.2) is 53.5 Å². The number of nitrogens with zero attached hydrogens (tertiary/aromatic N) is 5. The van der Waals surface area contributed by atoms with Crippen molar-refractivity contribution >= 4 is 27.1 Å². The van der Waals surface area contributed by atoms with Gasteiger partial charge in [0.1, 0.15) is 5.69 Å². The van der Waals surface area contributed by atoms with Crippen molar-refractivity contribution in [1.82, 2.24) is 24.6 Å². The van der Waals surface area contributed by atoms with Gasteiger partial charge in [-0.15, -0.1) is 5.10 Å². The summed E-state index contributed by atoms with van der Waals surface area (Å²) in [6.45, 7) is 0. The number of hydrogen-bond donors (Lipinski definition) is 1. The lowest BCUT2D eigenvalue weighted by Gasteiger charge is -2.09. The highest BCUT2D eigenvalue weighted by Crippen LogP contribution is 2.31. The molecule has 0 atom stereocenters. The van der Waals surface area contributed by atoms with Crippen molar-refractivity contribution < 1.29 is 17.9 Å². The number of pyridine rings is 1. The van der Waals surface area contributed by atoms with E-state index in [1.165, 1.54) is 18.5 Å². The fraction of sp³-hybridized carbons (Fsp3) is 0.158. The van der Waals surface area contributed by atoms with Gasteiger partial charge >= 0.3 is 0 Å². The van der Waals surface area contributed by atoms with Crippen molar-refractivity contribution in [3.05, 3.63) is 49.1 Å².